The van der Waals surface area contributed by atoms with Gasteiger partial charge in [-0.1, -0.05) is 12.2 Å². The van der Waals surface area contributed by atoms with Gasteiger partial charge in [0.1, 0.15) is 10.7 Å². The Labute approximate surface area is 106 Å². The molecule has 17 heavy (non-hydrogen) atoms. The summed E-state index contributed by atoms with van der Waals surface area (Å²) in [7, 11) is 0. The number of aromatic nitrogens is 2. The van der Waals surface area contributed by atoms with E-state index in [0.717, 1.165) is 6.54 Å². The zero-order chi connectivity index (χ0) is 12.5. The normalized spacial score (nSPS) is 19.1. The average molecular weight is 252 g/mol. The van der Waals surface area contributed by atoms with Gasteiger partial charge in [-0.3, -0.25) is 0 Å². The summed E-state index contributed by atoms with van der Waals surface area (Å²) in [6.07, 6.45) is 1.68. The topological polar surface area (TPSA) is 64.3 Å². The molecule has 0 amide bonds. The molecule has 0 bridgehead atoms. The number of anilines is 1. The molecule has 1 aliphatic rings. The third-order valence-electron chi connectivity index (χ3n) is 2.78. The second kappa shape index (κ2) is 4.54. The van der Waals surface area contributed by atoms with Gasteiger partial charge < -0.3 is 15.4 Å². The predicted molar refractivity (Wildman–Crippen MR) is 70.2 cm³/mol. The smallest absolute Gasteiger partial charge is 0.226 e. The standard InChI is InChI=1S/C11H16N4OS/c1-11(2)7-16-6-5-15(11)10-13-4-3-8(14-10)9(12)17/h3-4H,5-7H2,1-2H3,(H2,12,17). The molecule has 0 radical (unpaired) electrons. The van der Waals surface area contributed by atoms with Crippen molar-refractivity contribution >= 4 is 23.2 Å². The van der Waals surface area contributed by atoms with Crippen LogP contribution in [0.2, 0.25) is 0 Å². The molecule has 92 valence electrons. The van der Waals surface area contributed by atoms with Gasteiger partial charge in [0.25, 0.3) is 0 Å². The SMILES string of the molecule is CC1(C)COCCN1c1nccc(C(N)=S)n1. The van der Waals surface area contributed by atoms with Crippen LogP contribution in [0, 0.1) is 0 Å². The van der Waals surface area contributed by atoms with Crippen LogP contribution in [0.4, 0.5) is 5.95 Å². The Morgan fingerprint density at radius 3 is 3.00 bits per heavy atom. The van der Waals surface area contributed by atoms with Crippen molar-refractivity contribution in [3.05, 3.63) is 18.0 Å². The highest BCUT2D eigenvalue weighted by Crippen LogP contribution is 2.23. The van der Waals surface area contributed by atoms with Gasteiger partial charge in [0.2, 0.25) is 5.95 Å². The molecule has 5 nitrogen and oxygen atoms in total. The minimum atomic E-state index is -0.118. The number of rotatable bonds is 2. The molecule has 1 saturated heterocycles. The van der Waals surface area contributed by atoms with Gasteiger partial charge in [0.05, 0.1) is 18.8 Å². The molecule has 0 unspecified atom stereocenters. The highest BCUT2D eigenvalue weighted by Gasteiger charge is 2.32. The molecule has 0 aromatic carbocycles. The van der Waals surface area contributed by atoms with Gasteiger partial charge in [-0.05, 0) is 19.9 Å². The van der Waals surface area contributed by atoms with Crippen molar-refractivity contribution in [2.24, 2.45) is 5.73 Å². The summed E-state index contributed by atoms with van der Waals surface area (Å²) in [5, 5.41) is 0. The summed E-state index contributed by atoms with van der Waals surface area (Å²) < 4.78 is 5.47. The van der Waals surface area contributed by atoms with E-state index >= 15 is 0 Å². The zero-order valence-corrected chi connectivity index (χ0v) is 10.8. The summed E-state index contributed by atoms with van der Waals surface area (Å²) in [6, 6.07) is 1.72. The molecule has 2 rings (SSSR count). The molecule has 1 aromatic rings. The van der Waals surface area contributed by atoms with Crippen molar-refractivity contribution in [1.29, 1.82) is 0 Å². The van der Waals surface area contributed by atoms with Crippen LogP contribution in [-0.4, -0.2) is 40.3 Å². The maximum Gasteiger partial charge on any atom is 0.226 e. The van der Waals surface area contributed by atoms with Gasteiger partial charge in [0.15, 0.2) is 0 Å². The van der Waals surface area contributed by atoms with Crippen molar-refractivity contribution in [2.45, 2.75) is 19.4 Å². The van der Waals surface area contributed by atoms with E-state index in [1.165, 1.54) is 0 Å². The third-order valence-corrected chi connectivity index (χ3v) is 2.99. The summed E-state index contributed by atoms with van der Waals surface area (Å²) in [5.74, 6) is 0.656. The molecule has 0 aliphatic carbocycles. The lowest BCUT2D eigenvalue weighted by molar-refractivity contribution is 0.0634. The largest absolute Gasteiger partial charge is 0.388 e. The first-order valence-electron chi connectivity index (χ1n) is 5.49. The van der Waals surface area contributed by atoms with E-state index in [9.17, 15) is 0 Å². The molecular formula is C11H16N4OS. The second-order valence-corrected chi connectivity index (χ2v) is 5.06. The molecule has 1 aliphatic heterocycles. The fourth-order valence-corrected chi connectivity index (χ4v) is 1.96. The molecule has 0 atom stereocenters. The molecule has 1 aromatic heterocycles. The van der Waals surface area contributed by atoms with Crippen LogP contribution < -0.4 is 10.6 Å². The molecule has 6 heteroatoms. The third kappa shape index (κ3) is 2.53. The first-order chi connectivity index (χ1) is 8.00. The van der Waals surface area contributed by atoms with E-state index < -0.39 is 0 Å². The highest BCUT2D eigenvalue weighted by molar-refractivity contribution is 7.80. The van der Waals surface area contributed by atoms with Crippen molar-refractivity contribution in [2.75, 3.05) is 24.7 Å². The van der Waals surface area contributed by atoms with E-state index in [-0.39, 0.29) is 5.54 Å². The number of nitrogens with two attached hydrogens (primary N) is 1. The molecule has 0 saturated carbocycles. The van der Waals surface area contributed by atoms with Crippen LogP contribution >= 0.6 is 12.2 Å². The minimum Gasteiger partial charge on any atom is -0.388 e. The number of morpholine rings is 1. The number of hydrogen-bond donors (Lipinski definition) is 1. The van der Waals surface area contributed by atoms with Gasteiger partial charge in [-0.25, -0.2) is 9.97 Å². The average Bonchev–Trinajstić information content (AvgIpc) is 2.28. The van der Waals surface area contributed by atoms with E-state index in [1.54, 1.807) is 12.3 Å². The monoisotopic (exact) mass is 252 g/mol. The number of thiocarbonyl (C=S) groups is 1. The van der Waals surface area contributed by atoms with Gasteiger partial charge in [-0.15, -0.1) is 0 Å². The molecular weight excluding hydrogens is 236 g/mol. The lowest BCUT2D eigenvalue weighted by Gasteiger charge is -2.42. The van der Waals surface area contributed by atoms with Crippen LogP contribution in [0.1, 0.15) is 19.5 Å². The van der Waals surface area contributed by atoms with Crippen molar-refractivity contribution in [3.63, 3.8) is 0 Å². The van der Waals surface area contributed by atoms with Crippen LogP contribution in [0.25, 0.3) is 0 Å². The fraction of sp³-hybridized carbons (Fsp3) is 0.545. The molecule has 2 heterocycles. The minimum absolute atomic E-state index is 0.118. The zero-order valence-electron chi connectivity index (χ0n) is 10.0. The molecule has 1 fully saturated rings. The Morgan fingerprint density at radius 2 is 2.35 bits per heavy atom. The van der Waals surface area contributed by atoms with Crippen molar-refractivity contribution in [1.82, 2.24) is 9.97 Å². The van der Waals surface area contributed by atoms with Gasteiger partial charge >= 0.3 is 0 Å². The summed E-state index contributed by atoms with van der Waals surface area (Å²) in [5.41, 5.74) is 6.06. The van der Waals surface area contributed by atoms with E-state index in [4.69, 9.17) is 22.7 Å². The molecule has 0 spiro atoms. The molecule has 2 N–H and O–H groups in total. The maximum atomic E-state index is 5.58. The second-order valence-electron chi connectivity index (χ2n) is 4.62. The van der Waals surface area contributed by atoms with Gasteiger partial charge in [-0.2, -0.15) is 0 Å². The predicted octanol–water partition coefficient (Wildman–Crippen LogP) is 0.726. The Morgan fingerprint density at radius 1 is 1.59 bits per heavy atom. The van der Waals surface area contributed by atoms with Crippen LogP contribution in [-0.2, 0) is 4.74 Å². The van der Waals surface area contributed by atoms with E-state index in [1.807, 2.05) is 0 Å². The highest BCUT2D eigenvalue weighted by atomic mass is 32.1. The van der Waals surface area contributed by atoms with Crippen molar-refractivity contribution in [3.8, 4) is 0 Å². The Bertz CT molecular complexity index is 435. The summed E-state index contributed by atoms with van der Waals surface area (Å²) in [4.78, 5) is 11.1. The Balaban J connectivity index is 2.32. The van der Waals surface area contributed by atoms with Crippen LogP contribution in [0.15, 0.2) is 12.3 Å². The lowest BCUT2D eigenvalue weighted by atomic mass is 10.0. The van der Waals surface area contributed by atoms with Gasteiger partial charge in [0, 0.05) is 12.7 Å². The Hall–Kier alpha value is -1.27. The lowest BCUT2D eigenvalue weighted by Crippen LogP contribution is -2.54. The summed E-state index contributed by atoms with van der Waals surface area (Å²) in [6.45, 7) is 6.32. The van der Waals surface area contributed by atoms with Crippen molar-refractivity contribution < 1.29 is 4.74 Å². The van der Waals surface area contributed by atoms with Crippen LogP contribution in [0.3, 0.4) is 0 Å². The first-order valence-corrected chi connectivity index (χ1v) is 5.90. The first kappa shape index (κ1) is 12.2. The number of nitrogens with zero attached hydrogens (tertiary/aromatic N) is 3. The quantitative estimate of drug-likeness (QED) is 0.783. The van der Waals surface area contributed by atoms with E-state index in [2.05, 4.69) is 28.7 Å². The maximum absolute atomic E-state index is 5.58. The van der Waals surface area contributed by atoms with E-state index in [0.29, 0.717) is 29.8 Å². The fourth-order valence-electron chi connectivity index (χ4n) is 1.84. The van der Waals surface area contributed by atoms with Crippen LogP contribution in [0.5, 0.6) is 0 Å². The number of ether oxygens (including phenoxy) is 1. The number of hydrogen-bond acceptors (Lipinski definition) is 5. The summed E-state index contributed by atoms with van der Waals surface area (Å²) >= 11 is 4.92. The Kier molecular flexibility index (Phi) is 3.26.